The van der Waals surface area contributed by atoms with Crippen molar-refractivity contribution >= 4 is 38.2 Å². The van der Waals surface area contributed by atoms with Gasteiger partial charge in [-0.05, 0) is 69.4 Å². The third kappa shape index (κ3) is 5.09. The van der Waals surface area contributed by atoms with Crippen LogP contribution in [0, 0.1) is 33.6 Å². The molecule has 4 rings (SSSR count). The zero-order chi connectivity index (χ0) is 23.8. The number of aromatic nitrogens is 2. The second-order valence-electron chi connectivity index (χ2n) is 8.59. The van der Waals surface area contributed by atoms with Crippen LogP contribution in [0.15, 0.2) is 35.2 Å². The largest absolute Gasteiger partial charge is 0.302 e. The Balaban J connectivity index is 1.61. The zero-order valence-corrected chi connectivity index (χ0v) is 20.9. The van der Waals surface area contributed by atoms with E-state index in [1.165, 1.54) is 11.3 Å². The number of carbonyl (C=O) groups excluding carboxylic acids is 1. The molecule has 2 N–H and O–H groups in total. The van der Waals surface area contributed by atoms with Gasteiger partial charge in [0.1, 0.15) is 5.82 Å². The van der Waals surface area contributed by atoms with Crippen molar-refractivity contribution in [3.8, 4) is 10.4 Å². The predicted octanol–water partition coefficient (Wildman–Crippen LogP) is 5.37. The minimum absolute atomic E-state index is 0.0186. The minimum atomic E-state index is -3.84. The number of hydrogen-bond donors (Lipinski definition) is 2. The van der Waals surface area contributed by atoms with Gasteiger partial charge in [0.2, 0.25) is 5.91 Å². The summed E-state index contributed by atoms with van der Waals surface area (Å²) in [5.41, 5.74) is 3.89. The highest BCUT2D eigenvalue weighted by Gasteiger charge is 2.24. The van der Waals surface area contributed by atoms with Crippen LogP contribution in [-0.4, -0.2) is 24.3 Å². The molecule has 0 aliphatic heterocycles. The highest BCUT2D eigenvalue weighted by atomic mass is 32.2. The summed E-state index contributed by atoms with van der Waals surface area (Å²) in [6, 6.07) is 8.82. The molecule has 0 bridgehead atoms. The van der Waals surface area contributed by atoms with E-state index in [1.807, 2.05) is 32.9 Å². The van der Waals surface area contributed by atoms with Crippen LogP contribution in [0.4, 0.5) is 10.9 Å². The van der Waals surface area contributed by atoms with Gasteiger partial charge < -0.3 is 5.32 Å². The second kappa shape index (κ2) is 9.23. The van der Waals surface area contributed by atoms with Crippen LogP contribution in [-0.2, 0) is 14.8 Å². The molecule has 0 unspecified atom stereocenters. The number of amides is 1. The van der Waals surface area contributed by atoms with Crippen LogP contribution >= 0.6 is 11.3 Å². The Morgan fingerprint density at radius 2 is 1.67 bits per heavy atom. The normalized spacial score (nSPS) is 14.4. The van der Waals surface area contributed by atoms with Gasteiger partial charge in [-0.2, -0.15) is 0 Å². The fourth-order valence-corrected chi connectivity index (χ4v) is 6.26. The standard InChI is InChI=1S/C24H28N4O3S2/c1-14-10-12-21(25-16(14)3)28-33(30,31)20-13-19(11-9-15(20)2)22-17(4)26-24(32-22)27-23(29)18-7-5-6-8-18/h9-13,18H,5-8H2,1-4H3,(H,25,28)(H,26,27,29). The summed E-state index contributed by atoms with van der Waals surface area (Å²) in [5, 5.41) is 3.49. The molecule has 2 aromatic heterocycles. The molecular formula is C24H28N4O3S2. The number of nitrogens with zero attached hydrogens (tertiary/aromatic N) is 2. The Bertz CT molecular complexity index is 1310. The second-order valence-corrected chi connectivity index (χ2v) is 11.2. The van der Waals surface area contributed by atoms with E-state index in [2.05, 4.69) is 20.0 Å². The van der Waals surface area contributed by atoms with E-state index in [1.54, 1.807) is 25.1 Å². The number of anilines is 2. The number of thiazole rings is 1. The molecule has 1 saturated carbocycles. The number of carbonyl (C=O) groups is 1. The molecule has 0 radical (unpaired) electrons. The summed E-state index contributed by atoms with van der Waals surface area (Å²) in [7, 11) is -3.84. The van der Waals surface area contributed by atoms with E-state index in [0.717, 1.165) is 53.1 Å². The van der Waals surface area contributed by atoms with Crippen molar-refractivity contribution in [2.24, 2.45) is 5.92 Å². The van der Waals surface area contributed by atoms with Gasteiger partial charge in [-0.25, -0.2) is 18.4 Å². The van der Waals surface area contributed by atoms with E-state index >= 15 is 0 Å². The Labute approximate surface area is 198 Å². The van der Waals surface area contributed by atoms with Crippen LogP contribution in [0.25, 0.3) is 10.4 Å². The Kier molecular flexibility index (Phi) is 6.54. The van der Waals surface area contributed by atoms with Crippen molar-refractivity contribution in [2.75, 3.05) is 10.0 Å². The Morgan fingerprint density at radius 1 is 0.970 bits per heavy atom. The summed E-state index contributed by atoms with van der Waals surface area (Å²) in [5.74, 6) is 0.359. The minimum Gasteiger partial charge on any atom is -0.302 e. The number of sulfonamides is 1. The van der Waals surface area contributed by atoms with Gasteiger partial charge in [-0.3, -0.25) is 9.52 Å². The summed E-state index contributed by atoms with van der Waals surface area (Å²) in [4.78, 5) is 22.3. The highest BCUT2D eigenvalue weighted by molar-refractivity contribution is 7.92. The number of hydrogen-bond acceptors (Lipinski definition) is 6. The van der Waals surface area contributed by atoms with Crippen molar-refractivity contribution in [3.63, 3.8) is 0 Å². The van der Waals surface area contributed by atoms with Gasteiger partial charge in [-0.15, -0.1) is 0 Å². The fourth-order valence-electron chi connectivity index (χ4n) is 4.02. The molecule has 0 saturated heterocycles. The van der Waals surface area contributed by atoms with Gasteiger partial charge in [-0.1, -0.05) is 42.4 Å². The van der Waals surface area contributed by atoms with Gasteiger partial charge in [0.25, 0.3) is 10.0 Å². The maximum atomic E-state index is 13.2. The molecule has 1 aliphatic rings. The van der Waals surface area contributed by atoms with Gasteiger partial charge in [0.05, 0.1) is 15.5 Å². The van der Waals surface area contributed by atoms with Crippen molar-refractivity contribution in [1.82, 2.24) is 9.97 Å². The quantitative estimate of drug-likeness (QED) is 0.490. The highest BCUT2D eigenvalue weighted by Crippen LogP contribution is 2.35. The zero-order valence-electron chi connectivity index (χ0n) is 19.2. The topological polar surface area (TPSA) is 101 Å². The maximum Gasteiger partial charge on any atom is 0.263 e. The van der Waals surface area contributed by atoms with Crippen LogP contribution in [0.3, 0.4) is 0 Å². The van der Waals surface area contributed by atoms with Crippen LogP contribution < -0.4 is 10.0 Å². The summed E-state index contributed by atoms with van der Waals surface area (Å²) >= 11 is 1.36. The van der Waals surface area contributed by atoms with Crippen LogP contribution in [0.2, 0.25) is 0 Å². The summed E-state index contributed by atoms with van der Waals surface area (Å²) in [6.07, 6.45) is 4.02. The van der Waals surface area contributed by atoms with Crippen molar-refractivity contribution in [1.29, 1.82) is 0 Å². The van der Waals surface area contributed by atoms with E-state index < -0.39 is 10.0 Å². The molecule has 1 aliphatic carbocycles. The lowest BCUT2D eigenvalue weighted by Crippen LogP contribution is -2.20. The third-order valence-electron chi connectivity index (χ3n) is 6.08. The number of rotatable bonds is 6. The molecule has 0 spiro atoms. The molecule has 174 valence electrons. The first-order valence-electron chi connectivity index (χ1n) is 11.0. The average Bonchev–Trinajstić information content (AvgIpc) is 3.41. The molecule has 9 heteroatoms. The van der Waals surface area contributed by atoms with Gasteiger partial charge in [0, 0.05) is 11.6 Å². The maximum absolute atomic E-state index is 13.2. The van der Waals surface area contributed by atoms with Gasteiger partial charge >= 0.3 is 0 Å². The molecule has 2 heterocycles. The number of benzene rings is 1. The SMILES string of the molecule is Cc1ccc(-c2sc(NC(=O)C3CCCC3)nc2C)cc1S(=O)(=O)Nc1ccc(C)c(C)n1. The molecule has 1 amide bonds. The number of pyridine rings is 1. The van der Waals surface area contributed by atoms with Crippen molar-refractivity contribution in [3.05, 3.63) is 52.8 Å². The summed E-state index contributed by atoms with van der Waals surface area (Å²) in [6.45, 7) is 7.39. The Morgan fingerprint density at radius 3 is 2.36 bits per heavy atom. The average molecular weight is 485 g/mol. The van der Waals surface area contributed by atoms with E-state index in [4.69, 9.17) is 0 Å². The lowest BCUT2D eigenvalue weighted by Gasteiger charge is -2.12. The lowest BCUT2D eigenvalue weighted by molar-refractivity contribution is -0.119. The molecule has 1 aromatic carbocycles. The summed E-state index contributed by atoms with van der Waals surface area (Å²) < 4.78 is 28.9. The van der Waals surface area contributed by atoms with E-state index in [9.17, 15) is 13.2 Å². The molecule has 7 nitrogen and oxygen atoms in total. The first-order chi connectivity index (χ1) is 15.6. The first kappa shape index (κ1) is 23.4. The molecule has 1 fully saturated rings. The molecule has 33 heavy (non-hydrogen) atoms. The monoisotopic (exact) mass is 484 g/mol. The number of aryl methyl sites for hydroxylation is 4. The van der Waals surface area contributed by atoms with E-state index in [-0.39, 0.29) is 22.5 Å². The molecule has 0 atom stereocenters. The predicted molar refractivity (Wildman–Crippen MR) is 132 cm³/mol. The van der Waals surface area contributed by atoms with E-state index in [0.29, 0.717) is 10.7 Å². The van der Waals surface area contributed by atoms with Crippen molar-refractivity contribution in [2.45, 2.75) is 58.3 Å². The third-order valence-corrected chi connectivity index (χ3v) is 8.70. The Hall–Kier alpha value is -2.78. The van der Waals surface area contributed by atoms with Crippen molar-refractivity contribution < 1.29 is 13.2 Å². The van der Waals surface area contributed by atoms with Crippen LogP contribution in [0.1, 0.15) is 48.2 Å². The van der Waals surface area contributed by atoms with Crippen LogP contribution in [0.5, 0.6) is 0 Å². The molecule has 3 aromatic rings. The number of nitrogens with one attached hydrogen (secondary N) is 2. The molecular weight excluding hydrogens is 456 g/mol. The lowest BCUT2D eigenvalue weighted by atomic mass is 10.1. The first-order valence-corrected chi connectivity index (χ1v) is 13.3. The fraction of sp³-hybridized carbons (Fsp3) is 0.375. The van der Waals surface area contributed by atoms with Gasteiger partial charge in [0.15, 0.2) is 5.13 Å². The smallest absolute Gasteiger partial charge is 0.263 e.